The number of rotatable bonds is 15. The molecule has 0 aliphatic carbocycles. The second kappa shape index (κ2) is 14.0. The van der Waals surface area contributed by atoms with Crippen molar-refractivity contribution in [2.75, 3.05) is 40.3 Å². The van der Waals surface area contributed by atoms with Crippen LogP contribution in [0, 0.1) is 0 Å². The molecule has 0 rings (SSSR count). The quantitative estimate of drug-likeness (QED) is 0.216. The third-order valence-corrected chi connectivity index (χ3v) is 4.02. The molecule has 1 amide bonds. The van der Waals surface area contributed by atoms with Gasteiger partial charge in [0, 0.05) is 0 Å². The summed E-state index contributed by atoms with van der Waals surface area (Å²) in [5, 5.41) is 2.72. The SMILES string of the molecule is C=CC(=O)NCC[N+](C)(C)CC(=O)OCCCCCCCCCC. The summed E-state index contributed by atoms with van der Waals surface area (Å²) in [7, 11) is 3.91. The first kappa shape index (κ1) is 22.6. The van der Waals surface area contributed by atoms with Crippen LogP contribution in [0.5, 0.6) is 0 Å². The summed E-state index contributed by atoms with van der Waals surface area (Å²) in [5.41, 5.74) is 0. The number of hydrogen-bond acceptors (Lipinski definition) is 3. The first-order chi connectivity index (χ1) is 11.4. The summed E-state index contributed by atoms with van der Waals surface area (Å²) in [4.78, 5) is 23.0. The van der Waals surface area contributed by atoms with E-state index in [1.54, 1.807) is 0 Å². The number of quaternary nitrogens is 1. The van der Waals surface area contributed by atoms with E-state index < -0.39 is 0 Å². The predicted molar refractivity (Wildman–Crippen MR) is 98.6 cm³/mol. The van der Waals surface area contributed by atoms with Gasteiger partial charge in [0.15, 0.2) is 6.54 Å². The van der Waals surface area contributed by atoms with Crippen molar-refractivity contribution in [2.45, 2.75) is 58.3 Å². The van der Waals surface area contributed by atoms with Crippen molar-refractivity contribution in [3.05, 3.63) is 12.7 Å². The van der Waals surface area contributed by atoms with E-state index in [-0.39, 0.29) is 11.9 Å². The number of carbonyl (C=O) groups excluding carboxylic acids is 2. The molecule has 24 heavy (non-hydrogen) atoms. The van der Waals surface area contributed by atoms with Gasteiger partial charge in [0.1, 0.15) is 0 Å². The van der Waals surface area contributed by atoms with E-state index in [0.29, 0.717) is 30.7 Å². The zero-order valence-electron chi connectivity index (χ0n) is 15.9. The lowest BCUT2D eigenvalue weighted by Gasteiger charge is -2.28. The highest BCUT2D eigenvalue weighted by Crippen LogP contribution is 2.08. The number of carbonyl (C=O) groups is 2. The minimum Gasteiger partial charge on any atom is -0.462 e. The van der Waals surface area contributed by atoms with Gasteiger partial charge in [-0.25, -0.2) is 4.79 Å². The van der Waals surface area contributed by atoms with Crippen LogP contribution in [-0.2, 0) is 14.3 Å². The molecule has 0 radical (unpaired) electrons. The summed E-state index contributed by atoms with van der Waals surface area (Å²) in [6.45, 7) is 7.66. The van der Waals surface area contributed by atoms with Gasteiger partial charge in [-0.3, -0.25) is 4.79 Å². The Morgan fingerprint density at radius 1 is 1.04 bits per heavy atom. The smallest absolute Gasteiger partial charge is 0.361 e. The van der Waals surface area contributed by atoms with Crippen LogP contribution in [0.2, 0.25) is 0 Å². The predicted octanol–water partition coefficient (Wildman–Crippen LogP) is 3.05. The Kier molecular flexibility index (Phi) is 13.2. The summed E-state index contributed by atoms with van der Waals surface area (Å²) < 4.78 is 5.81. The van der Waals surface area contributed by atoms with E-state index in [0.717, 1.165) is 12.8 Å². The van der Waals surface area contributed by atoms with E-state index in [4.69, 9.17) is 4.74 Å². The van der Waals surface area contributed by atoms with E-state index >= 15 is 0 Å². The van der Waals surface area contributed by atoms with Crippen molar-refractivity contribution in [3.8, 4) is 0 Å². The Bertz CT molecular complexity index is 368. The average Bonchev–Trinajstić information content (AvgIpc) is 2.52. The molecule has 0 unspecified atom stereocenters. The lowest BCUT2D eigenvalue weighted by molar-refractivity contribution is -0.881. The highest BCUT2D eigenvalue weighted by atomic mass is 16.5. The Labute approximate surface area is 148 Å². The van der Waals surface area contributed by atoms with Crippen molar-refractivity contribution in [3.63, 3.8) is 0 Å². The number of unbranched alkanes of at least 4 members (excludes halogenated alkanes) is 7. The number of ether oxygens (including phenoxy) is 1. The van der Waals surface area contributed by atoms with Gasteiger partial charge in [0.2, 0.25) is 5.91 Å². The first-order valence-corrected chi connectivity index (χ1v) is 9.29. The Balaban J connectivity index is 3.62. The highest BCUT2D eigenvalue weighted by molar-refractivity contribution is 5.86. The number of esters is 1. The normalized spacial score (nSPS) is 11.1. The maximum absolute atomic E-state index is 11.9. The Morgan fingerprint density at radius 3 is 2.21 bits per heavy atom. The molecule has 0 saturated carbocycles. The number of likely N-dealkylation sites (N-methyl/N-ethyl adjacent to an activating group) is 1. The molecule has 1 N–H and O–H groups in total. The fraction of sp³-hybridized carbons (Fsp3) is 0.789. The number of hydrogen-bond donors (Lipinski definition) is 1. The van der Waals surface area contributed by atoms with Crippen molar-refractivity contribution in [2.24, 2.45) is 0 Å². The molecule has 0 aromatic heterocycles. The molecule has 0 fully saturated rings. The van der Waals surface area contributed by atoms with Gasteiger partial charge in [0.25, 0.3) is 0 Å². The van der Waals surface area contributed by atoms with Crippen LogP contribution in [0.3, 0.4) is 0 Å². The third-order valence-electron chi connectivity index (χ3n) is 4.02. The molecule has 0 bridgehead atoms. The van der Waals surface area contributed by atoms with Crippen molar-refractivity contribution < 1.29 is 18.8 Å². The first-order valence-electron chi connectivity index (χ1n) is 9.29. The maximum atomic E-state index is 11.9. The molecule has 0 heterocycles. The van der Waals surface area contributed by atoms with Gasteiger partial charge < -0.3 is 14.5 Å². The largest absolute Gasteiger partial charge is 0.462 e. The van der Waals surface area contributed by atoms with Gasteiger partial charge in [-0.05, 0) is 12.5 Å². The molecule has 0 aliphatic rings. The van der Waals surface area contributed by atoms with Gasteiger partial charge in [-0.15, -0.1) is 0 Å². The van der Waals surface area contributed by atoms with E-state index in [1.807, 2.05) is 14.1 Å². The fourth-order valence-corrected chi connectivity index (χ4v) is 2.45. The topological polar surface area (TPSA) is 55.4 Å². The standard InChI is InChI=1S/C19H36N2O3/c1-5-7-8-9-10-11-12-13-16-24-19(23)17-21(3,4)15-14-20-18(22)6-2/h6H,2,5,7-17H2,1,3-4H3/p+1. The van der Waals surface area contributed by atoms with Crippen LogP contribution in [0.25, 0.3) is 0 Å². The van der Waals surface area contributed by atoms with Gasteiger partial charge in [-0.2, -0.15) is 0 Å². The number of nitrogens with zero attached hydrogens (tertiary/aromatic N) is 1. The lowest BCUT2D eigenvalue weighted by Crippen LogP contribution is -2.48. The van der Waals surface area contributed by atoms with E-state index in [2.05, 4.69) is 18.8 Å². The molecule has 5 heteroatoms. The molecule has 0 aromatic rings. The van der Waals surface area contributed by atoms with Gasteiger partial charge in [0.05, 0.1) is 33.8 Å². The van der Waals surface area contributed by atoms with Crippen LogP contribution >= 0.6 is 0 Å². The number of nitrogens with one attached hydrogen (secondary N) is 1. The van der Waals surface area contributed by atoms with Gasteiger partial charge in [-0.1, -0.05) is 58.4 Å². The summed E-state index contributed by atoms with van der Waals surface area (Å²) in [6, 6.07) is 0. The Hall–Kier alpha value is -1.36. The average molecular weight is 342 g/mol. The summed E-state index contributed by atoms with van der Waals surface area (Å²) in [6.07, 6.45) is 11.1. The second-order valence-corrected chi connectivity index (χ2v) is 7.01. The molecule has 140 valence electrons. The van der Waals surface area contributed by atoms with E-state index in [1.165, 1.54) is 44.6 Å². The van der Waals surface area contributed by atoms with Gasteiger partial charge >= 0.3 is 5.97 Å². The molecule has 0 atom stereocenters. The minimum atomic E-state index is -0.188. The van der Waals surface area contributed by atoms with Crippen LogP contribution < -0.4 is 5.32 Å². The van der Waals surface area contributed by atoms with Crippen molar-refractivity contribution >= 4 is 11.9 Å². The molecular formula is C19H37N2O3+. The lowest BCUT2D eigenvalue weighted by atomic mass is 10.1. The Morgan fingerprint density at radius 2 is 1.62 bits per heavy atom. The van der Waals surface area contributed by atoms with Crippen molar-refractivity contribution in [1.29, 1.82) is 0 Å². The third kappa shape index (κ3) is 14.2. The fourth-order valence-electron chi connectivity index (χ4n) is 2.45. The summed E-state index contributed by atoms with van der Waals surface area (Å²) >= 11 is 0. The molecule has 0 spiro atoms. The van der Waals surface area contributed by atoms with E-state index in [9.17, 15) is 9.59 Å². The molecular weight excluding hydrogens is 304 g/mol. The zero-order chi connectivity index (χ0) is 18.3. The minimum absolute atomic E-state index is 0.169. The highest BCUT2D eigenvalue weighted by Gasteiger charge is 2.20. The molecule has 5 nitrogen and oxygen atoms in total. The number of amides is 1. The molecule has 0 saturated heterocycles. The summed E-state index contributed by atoms with van der Waals surface area (Å²) in [5.74, 6) is -0.356. The maximum Gasteiger partial charge on any atom is 0.361 e. The van der Waals surface area contributed by atoms with Crippen molar-refractivity contribution in [1.82, 2.24) is 5.32 Å². The second-order valence-electron chi connectivity index (χ2n) is 7.01. The van der Waals surface area contributed by atoms with Crippen LogP contribution in [0.15, 0.2) is 12.7 Å². The molecule has 0 aliphatic heterocycles. The van der Waals surface area contributed by atoms with Crippen LogP contribution in [0.1, 0.15) is 58.3 Å². The monoisotopic (exact) mass is 341 g/mol. The van der Waals surface area contributed by atoms with Crippen LogP contribution in [-0.4, -0.2) is 56.7 Å². The molecule has 0 aromatic carbocycles. The zero-order valence-corrected chi connectivity index (χ0v) is 15.9. The van der Waals surface area contributed by atoms with Crippen LogP contribution in [0.4, 0.5) is 0 Å².